The van der Waals surface area contributed by atoms with Crippen molar-refractivity contribution in [3.05, 3.63) is 23.7 Å². The Labute approximate surface area is 97.2 Å². The zero-order chi connectivity index (χ0) is 11.6. The van der Waals surface area contributed by atoms with E-state index in [-0.39, 0.29) is 11.6 Å². The molecule has 2 heterocycles. The van der Waals surface area contributed by atoms with Crippen LogP contribution in [0.1, 0.15) is 44.8 Å². The van der Waals surface area contributed by atoms with E-state index in [1.165, 1.54) is 0 Å². The maximum atomic E-state index is 5.75. The Morgan fingerprint density at radius 3 is 2.88 bits per heavy atom. The molecule has 3 heteroatoms. The summed E-state index contributed by atoms with van der Waals surface area (Å²) in [5.74, 6) is 2.07. The van der Waals surface area contributed by atoms with Crippen molar-refractivity contribution >= 4 is 0 Å². The van der Waals surface area contributed by atoms with Crippen LogP contribution in [0, 0.1) is 0 Å². The first kappa shape index (κ1) is 11.7. The van der Waals surface area contributed by atoms with E-state index in [0.29, 0.717) is 0 Å². The predicted octanol–water partition coefficient (Wildman–Crippen LogP) is 2.67. The number of furan rings is 1. The van der Waals surface area contributed by atoms with E-state index in [1.54, 1.807) is 0 Å². The van der Waals surface area contributed by atoms with Gasteiger partial charge in [0, 0.05) is 18.6 Å². The molecular weight excluding hydrogens is 202 g/mol. The molecule has 1 aliphatic rings. The van der Waals surface area contributed by atoms with Crippen molar-refractivity contribution in [2.45, 2.75) is 45.2 Å². The Balaban J connectivity index is 1.99. The average molecular weight is 223 g/mol. The van der Waals surface area contributed by atoms with Gasteiger partial charge in [-0.3, -0.25) is 5.32 Å². The summed E-state index contributed by atoms with van der Waals surface area (Å²) >= 11 is 0. The lowest BCUT2D eigenvalue weighted by Crippen LogP contribution is -2.44. The molecule has 0 aromatic carbocycles. The molecule has 0 amide bonds. The molecule has 1 saturated heterocycles. The summed E-state index contributed by atoms with van der Waals surface area (Å²) in [5, 5.41) is 3.59. The normalized spacial score (nSPS) is 27.2. The van der Waals surface area contributed by atoms with Crippen LogP contribution in [0.15, 0.2) is 16.5 Å². The van der Waals surface area contributed by atoms with Gasteiger partial charge in [0.05, 0.1) is 12.6 Å². The van der Waals surface area contributed by atoms with Gasteiger partial charge in [-0.15, -0.1) is 0 Å². The number of nitrogens with one attached hydrogen (secondary N) is 1. The van der Waals surface area contributed by atoms with Gasteiger partial charge in [-0.05, 0) is 32.4 Å². The molecule has 0 saturated carbocycles. The molecule has 1 aliphatic heterocycles. The van der Waals surface area contributed by atoms with Crippen LogP contribution >= 0.6 is 0 Å². The second-order valence-electron chi connectivity index (χ2n) is 4.89. The van der Waals surface area contributed by atoms with E-state index in [9.17, 15) is 0 Å². The zero-order valence-corrected chi connectivity index (χ0v) is 10.4. The first-order valence-corrected chi connectivity index (χ1v) is 6.07. The van der Waals surface area contributed by atoms with Crippen LogP contribution in [0.4, 0.5) is 0 Å². The molecule has 0 spiro atoms. The molecule has 0 unspecified atom stereocenters. The Morgan fingerprint density at radius 2 is 2.31 bits per heavy atom. The highest BCUT2D eigenvalue weighted by Gasteiger charge is 2.31. The fourth-order valence-corrected chi connectivity index (χ4v) is 2.19. The molecule has 90 valence electrons. The monoisotopic (exact) mass is 223 g/mol. The highest BCUT2D eigenvalue weighted by molar-refractivity contribution is 5.11. The van der Waals surface area contributed by atoms with Gasteiger partial charge >= 0.3 is 0 Å². The van der Waals surface area contributed by atoms with Crippen LogP contribution in [0.5, 0.6) is 0 Å². The van der Waals surface area contributed by atoms with Crippen LogP contribution < -0.4 is 5.32 Å². The zero-order valence-electron chi connectivity index (χ0n) is 10.4. The minimum absolute atomic E-state index is 0.0958. The molecule has 1 aromatic rings. The minimum atomic E-state index is 0.0958. The highest BCUT2D eigenvalue weighted by Crippen LogP contribution is 2.24. The number of aryl methyl sites for hydroxylation is 1. The first-order valence-electron chi connectivity index (χ1n) is 6.07. The van der Waals surface area contributed by atoms with Crippen molar-refractivity contribution in [3.8, 4) is 0 Å². The van der Waals surface area contributed by atoms with Gasteiger partial charge in [0.1, 0.15) is 11.5 Å². The summed E-state index contributed by atoms with van der Waals surface area (Å²) in [6.45, 7) is 8.10. The molecule has 2 atom stereocenters. The smallest absolute Gasteiger partial charge is 0.120 e. The molecule has 0 bridgehead atoms. The maximum absolute atomic E-state index is 5.75. The molecule has 16 heavy (non-hydrogen) atoms. The fraction of sp³-hybridized carbons (Fsp3) is 0.692. The minimum Gasteiger partial charge on any atom is -0.464 e. The van der Waals surface area contributed by atoms with Gasteiger partial charge in [0.2, 0.25) is 0 Å². The highest BCUT2D eigenvalue weighted by atomic mass is 16.5. The molecular formula is C13H21NO2. The topological polar surface area (TPSA) is 34.4 Å². The number of ether oxygens (including phenoxy) is 1. The molecule has 1 N–H and O–H groups in total. The summed E-state index contributed by atoms with van der Waals surface area (Å²) in [6, 6.07) is 4.36. The number of rotatable bonds is 4. The van der Waals surface area contributed by atoms with E-state index >= 15 is 0 Å². The molecule has 0 aliphatic carbocycles. The van der Waals surface area contributed by atoms with E-state index in [1.807, 2.05) is 0 Å². The predicted molar refractivity (Wildman–Crippen MR) is 63.5 cm³/mol. The summed E-state index contributed by atoms with van der Waals surface area (Å²) in [5.41, 5.74) is 0.0958. The summed E-state index contributed by atoms with van der Waals surface area (Å²) in [4.78, 5) is 0. The van der Waals surface area contributed by atoms with Gasteiger partial charge < -0.3 is 9.15 Å². The molecule has 0 radical (unpaired) electrons. The lowest BCUT2D eigenvalue weighted by Gasteiger charge is -2.27. The van der Waals surface area contributed by atoms with Crippen molar-refractivity contribution in [1.29, 1.82) is 0 Å². The second kappa shape index (κ2) is 4.60. The van der Waals surface area contributed by atoms with Gasteiger partial charge in [-0.25, -0.2) is 0 Å². The van der Waals surface area contributed by atoms with Gasteiger partial charge in [0.15, 0.2) is 0 Å². The van der Waals surface area contributed by atoms with Crippen molar-refractivity contribution in [2.24, 2.45) is 0 Å². The Kier molecular flexibility index (Phi) is 3.36. The number of hydrogen-bond acceptors (Lipinski definition) is 3. The second-order valence-corrected chi connectivity index (χ2v) is 4.89. The lowest BCUT2D eigenvalue weighted by molar-refractivity contribution is 0.165. The summed E-state index contributed by atoms with van der Waals surface area (Å²) < 4.78 is 11.2. The summed E-state index contributed by atoms with van der Waals surface area (Å²) in [6.07, 6.45) is 2.02. The van der Waals surface area contributed by atoms with Crippen LogP contribution in [0.2, 0.25) is 0 Å². The van der Waals surface area contributed by atoms with E-state index in [0.717, 1.165) is 37.6 Å². The van der Waals surface area contributed by atoms with Gasteiger partial charge in [-0.1, -0.05) is 6.92 Å². The maximum Gasteiger partial charge on any atom is 0.120 e. The standard InChI is InChI=1S/C13H21NO2/c1-4-11-5-6-12(16-11)10(2)14-13(3)7-8-15-9-13/h5-6,10,14H,4,7-9H2,1-3H3/t10-,13-/m0/s1. The van der Waals surface area contributed by atoms with Crippen molar-refractivity contribution in [1.82, 2.24) is 5.32 Å². The van der Waals surface area contributed by atoms with E-state index < -0.39 is 0 Å². The first-order chi connectivity index (χ1) is 7.63. The molecule has 1 aromatic heterocycles. The lowest BCUT2D eigenvalue weighted by atomic mass is 10.00. The van der Waals surface area contributed by atoms with Crippen LogP contribution in [0.25, 0.3) is 0 Å². The summed E-state index contributed by atoms with van der Waals surface area (Å²) in [7, 11) is 0. The van der Waals surface area contributed by atoms with Crippen molar-refractivity contribution in [3.63, 3.8) is 0 Å². The van der Waals surface area contributed by atoms with Gasteiger partial charge in [0.25, 0.3) is 0 Å². The third-order valence-corrected chi connectivity index (χ3v) is 3.24. The quantitative estimate of drug-likeness (QED) is 0.852. The average Bonchev–Trinajstić information content (AvgIpc) is 2.86. The van der Waals surface area contributed by atoms with Crippen LogP contribution in [-0.4, -0.2) is 18.8 Å². The molecule has 1 fully saturated rings. The van der Waals surface area contributed by atoms with E-state index in [4.69, 9.17) is 9.15 Å². The van der Waals surface area contributed by atoms with Crippen molar-refractivity contribution < 1.29 is 9.15 Å². The molecule has 2 rings (SSSR count). The van der Waals surface area contributed by atoms with Gasteiger partial charge in [-0.2, -0.15) is 0 Å². The fourth-order valence-electron chi connectivity index (χ4n) is 2.19. The number of hydrogen-bond donors (Lipinski definition) is 1. The molecule has 3 nitrogen and oxygen atoms in total. The third kappa shape index (κ3) is 2.47. The van der Waals surface area contributed by atoms with Crippen LogP contribution in [0.3, 0.4) is 0 Å². The Morgan fingerprint density at radius 1 is 1.50 bits per heavy atom. The SMILES string of the molecule is CCc1ccc([C@H](C)N[C@@]2(C)CCOC2)o1. The van der Waals surface area contributed by atoms with E-state index in [2.05, 4.69) is 38.2 Å². The Bertz CT molecular complexity index is 339. The van der Waals surface area contributed by atoms with Crippen molar-refractivity contribution in [2.75, 3.05) is 13.2 Å². The third-order valence-electron chi connectivity index (χ3n) is 3.24. The Hall–Kier alpha value is -0.800. The largest absolute Gasteiger partial charge is 0.464 e. The van der Waals surface area contributed by atoms with Crippen LogP contribution in [-0.2, 0) is 11.2 Å².